The lowest BCUT2D eigenvalue weighted by Crippen LogP contribution is -2.50. The first-order valence-corrected chi connectivity index (χ1v) is 10.6. The molecule has 4 aliphatic rings. The number of nitrogens with one attached hydrogen (secondary N) is 1. The normalized spacial score (nSPS) is 46.5. The van der Waals surface area contributed by atoms with Crippen LogP contribution < -0.4 is 0 Å². The fourth-order valence-electron chi connectivity index (χ4n) is 7.82. The van der Waals surface area contributed by atoms with Crippen LogP contribution in [0.3, 0.4) is 0 Å². The van der Waals surface area contributed by atoms with Crippen LogP contribution in [0.25, 0.3) is 0 Å². The molecule has 0 radical (unpaired) electrons. The maximum Gasteiger partial charge on any atom is 0.429 e. The van der Waals surface area contributed by atoms with Gasteiger partial charge in [0.05, 0.1) is 5.92 Å². The lowest BCUT2D eigenvalue weighted by atomic mass is 9.49. The molecule has 8 unspecified atom stereocenters. The third kappa shape index (κ3) is 3.19. The van der Waals surface area contributed by atoms with E-state index < -0.39 is 35.3 Å². The predicted octanol–water partition coefficient (Wildman–Crippen LogP) is 7.02. The molecule has 1 N–H and O–H groups in total. The minimum absolute atomic E-state index is 0.122. The molecule has 0 aromatic rings. The maximum atomic E-state index is 13.2. The quantitative estimate of drug-likeness (QED) is 0.356. The molecule has 7 heteroatoms. The van der Waals surface area contributed by atoms with Crippen molar-refractivity contribution in [3.8, 4) is 0 Å². The van der Waals surface area contributed by atoms with Gasteiger partial charge in [-0.3, -0.25) is 0 Å². The van der Waals surface area contributed by atoms with Crippen molar-refractivity contribution in [2.45, 2.75) is 77.1 Å². The first-order chi connectivity index (χ1) is 12.9. The molecule has 8 atom stereocenters. The second-order valence-corrected chi connectivity index (χ2v) is 10.1. The second kappa shape index (κ2) is 6.63. The molecule has 4 rings (SSSR count). The third-order valence-corrected chi connectivity index (χ3v) is 9.07. The number of halogens is 6. The van der Waals surface area contributed by atoms with Gasteiger partial charge in [0.25, 0.3) is 0 Å². The minimum Gasteiger partial charge on any atom is -0.300 e. The van der Waals surface area contributed by atoms with Crippen LogP contribution in [0.4, 0.5) is 26.3 Å². The van der Waals surface area contributed by atoms with Crippen molar-refractivity contribution in [3.63, 3.8) is 0 Å². The van der Waals surface area contributed by atoms with Gasteiger partial charge in [0.15, 0.2) is 0 Å². The van der Waals surface area contributed by atoms with E-state index in [0.29, 0.717) is 37.0 Å². The fourth-order valence-corrected chi connectivity index (χ4v) is 7.82. The van der Waals surface area contributed by atoms with Crippen molar-refractivity contribution in [2.24, 2.45) is 46.8 Å². The van der Waals surface area contributed by atoms with Crippen molar-refractivity contribution >= 4 is 5.71 Å². The molecule has 0 aromatic heterocycles. The molecule has 28 heavy (non-hydrogen) atoms. The molecule has 0 heterocycles. The van der Waals surface area contributed by atoms with Gasteiger partial charge in [-0.05, 0) is 92.8 Å². The standard InChI is InChI=1S/C21H29F6N/c1-19-9-8-14-13-5-3-12(20(22,23)24)10-11(13)2-4-15(14)16(19)6-7-17(19)18(28)21(25,26)27/h11-17,28H,2-10H2,1H3. The molecule has 0 bridgehead atoms. The van der Waals surface area contributed by atoms with Gasteiger partial charge in [-0.15, -0.1) is 0 Å². The van der Waals surface area contributed by atoms with Gasteiger partial charge in [-0.25, -0.2) is 0 Å². The van der Waals surface area contributed by atoms with Crippen molar-refractivity contribution in [1.82, 2.24) is 0 Å². The molecule has 4 aliphatic carbocycles. The van der Waals surface area contributed by atoms with Gasteiger partial charge in [-0.2, -0.15) is 26.3 Å². The van der Waals surface area contributed by atoms with E-state index in [0.717, 1.165) is 25.7 Å². The summed E-state index contributed by atoms with van der Waals surface area (Å²) in [5, 5.41) is 7.71. The summed E-state index contributed by atoms with van der Waals surface area (Å²) < 4.78 is 79.1. The number of alkyl halides is 6. The molecule has 4 fully saturated rings. The number of rotatable bonds is 1. The lowest BCUT2D eigenvalue weighted by Gasteiger charge is -2.56. The molecule has 0 aromatic carbocycles. The molecule has 0 spiro atoms. The number of fused-ring (bicyclic) bond motifs is 5. The first kappa shape index (κ1) is 20.5. The van der Waals surface area contributed by atoms with E-state index in [4.69, 9.17) is 5.41 Å². The SMILES string of the molecule is CC12CCC3C4CCC(C(F)(F)F)CC4CCC3C1CCC2C(=N)C(F)(F)F. The Hall–Kier alpha value is -0.750. The Morgan fingerprint density at radius 2 is 1.50 bits per heavy atom. The topological polar surface area (TPSA) is 23.9 Å². The van der Waals surface area contributed by atoms with Crippen molar-refractivity contribution in [1.29, 1.82) is 5.41 Å². The zero-order valence-corrected chi connectivity index (χ0v) is 16.2. The molecular weight excluding hydrogens is 380 g/mol. The first-order valence-electron chi connectivity index (χ1n) is 10.6. The molecule has 160 valence electrons. The Morgan fingerprint density at radius 3 is 2.14 bits per heavy atom. The third-order valence-electron chi connectivity index (χ3n) is 9.07. The van der Waals surface area contributed by atoms with E-state index in [2.05, 4.69) is 0 Å². The number of hydrogen-bond acceptors (Lipinski definition) is 1. The van der Waals surface area contributed by atoms with Crippen LogP contribution in [0.1, 0.15) is 64.7 Å². The Balaban J connectivity index is 1.50. The van der Waals surface area contributed by atoms with E-state index in [1.807, 2.05) is 6.92 Å². The average Bonchev–Trinajstić information content (AvgIpc) is 2.95. The summed E-state index contributed by atoms with van der Waals surface area (Å²) in [5.41, 5.74) is -1.56. The Morgan fingerprint density at radius 1 is 0.821 bits per heavy atom. The molecule has 0 amide bonds. The smallest absolute Gasteiger partial charge is 0.300 e. The lowest BCUT2D eigenvalue weighted by molar-refractivity contribution is -0.196. The maximum absolute atomic E-state index is 13.2. The summed E-state index contributed by atoms with van der Waals surface area (Å²) in [7, 11) is 0. The minimum atomic E-state index is -4.56. The predicted molar refractivity (Wildman–Crippen MR) is 93.9 cm³/mol. The molecule has 0 saturated heterocycles. The summed E-state index contributed by atoms with van der Waals surface area (Å²) in [6, 6.07) is 0. The van der Waals surface area contributed by atoms with Crippen LogP contribution in [0.15, 0.2) is 0 Å². The highest BCUT2D eigenvalue weighted by molar-refractivity contribution is 5.90. The molecule has 1 nitrogen and oxygen atoms in total. The van der Waals surface area contributed by atoms with Gasteiger partial charge in [-0.1, -0.05) is 6.92 Å². The largest absolute Gasteiger partial charge is 0.429 e. The summed E-state index contributed by atoms with van der Waals surface area (Å²) >= 11 is 0. The van der Waals surface area contributed by atoms with Gasteiger partial charge < -0.3 is 5.41 Å². The highest BCUT2D eigenvalue weighted by Gasteiger charge is 2.60. The van der Waals surface area contributed by atoms with E-state index in [-0.39, 0.29) is 24.7 Å². The Kier molecular flexibility index (Phi) is 4.86. The summed E-state index contributed by atoms with van der Waals surface area (Å²) in [6.07, 6.45) is -3.34. The Labute approximate surface area is 162 Å². The van der Waals surface area contributed by atoms with Crippen molar-refractivity contribution in [2.75, 3.05) is 0 Å². The van der Waals surface area contributed by atoms with Crippen molar-refractivity contribution < 1.29 is 26.3 Å². The average molecular weight is 409 g/mol. The van der Waals surface area contributed by atoms with Crippen LogP contribution >= 0.6 is 0 Å². The second-order valence-electron chi connectivity index (χ2n) is 10.1. The van der Waals surface area contributed by atoms with E-state index >= 15 is 0 Å². The summed E-state index contributed by atoms with van der Waals surface area (Å²) in [4.78, 5) is 0. The fraction of sp³-hybridized carbons (Fsp3) is 0.952. The van der Waals surface area contributed by atoms with E-state index in [1.54, 1.807) is 0 Å². The van der Waals surface area contributed by atoms with Crippen LogP contribution in [-0.2, 0) is 0 Å². The zero-order chi connectivity index (χ0) is 20.5. The zero-order valence-electron chi connectivity index (χ0n) is 16.2. The van der Waals surface area contributed by atoms with Crippen molar-refractivity contribution in [3.05, 3.63) is 0 Å². The number of hydrogen-bond donors (Lipinski definition) is 1. The van der Waals surface area contributed by atoms with Gasteiger partial charge in [0.1, 0.15) is 5.71 Å². The highest BCUT2D eigenvalue weighted by Crippen LogP contribution is 2.65. The monoisotopic (exact) mass is 409 g/mol. The van der Waals surface area contributed by atoms with Gasteiger partial charge >= 0.3 is 12.4 Å². The van der Waals surface area contributed by atoms with Gasteiger partial charge in [0, 0.05) is 5.92 Å². The Bertz CT molecular complexity index is 625. The van der Waals surface area contributed by atoms with E-state index in [1.165, 1.54) is 0 Å². The van der Waals surface area contributed by atoms with Gasteiger partial charge in [0.2, 0.25) is 0 Å². The highest BCUT2D eigenvalue weighted by atomic mass is 19.4. The van der Waals surface area contributed by atoms with E-state index in [9.17, 15) is 26.3 Å². The van der Waals surface area contributed by atoms with Crippen LogP contribution in [0, 0.1) is 52.2 Å². The molecular formula is C21H29F6N. The molecule has 4 saturated carbocycles. The van der Waals surface area contributed by atoms with Crippen LogP contribution in [0.5, 0.6) is 0 Å². The molecule has 0 aliphatic heterocycles. The van der Waals surface area contributed by atoms with Crippen LogP contribution in [-0.4, -0.2) is 18.1 Å². The summed E-state index contributed by atoms with van der Waals surface area (Å²) in [5.74, 6) is -0.599. The van der Waals surface area contributed by atoms with Crippen LogP contribution in [0.2, 0.25) is 0 Å². The summed E-state index contributed by atoms with van der Waals surface area (Å²) in [6.45, 7) is 1.94.